The van der Waals surface area contributed by atoms with E-state index < -0.39 is 5.41 Å². The van der Waals surface area contributed by atoms with Gasteiger partial charge < -0.3 is 0 Å². The molecule has 0 atom stereocenters. The topological polar surface area (TPSA) is 76.1 Å². The first-order valence-corrected chi connectivity index (χ1v) is 16.6. The van der Waals surface area contributed by atoms with Gasteiger partial charge in [-0.2, -0.15) is 0 Å². The number of hydrogen-bond donors (Lipinski definition) is 0. The predicted octanol–water partition coefficient (Wildman–Crippen LogP) is 9.54. The number of thiophene rings is 2. The molecular weight excluding hydrogens is 609 g/mol. The number of para-hydroxylation sites is 2. The van der Waals surface area contributed by atoms with E-state index in [1.54, 1.807) is 28.7 Å². The monoisotopic (exact) mass is 632 g/mol. The van der Waals surface area contributed by atoms with Crippen molar-refractivity contribution in [1.82, 2.24) is 15.2 Å². The summed E-state index contributed by atoms with van der Waals surface area (Å²) in [5.74, 6) is 0.0837. The molecule has 2 aliphatic rings. The summed E-state index contributed by atoms with van der Waals surface area (Å²) >= 11 is 3.27. The molecule has 0 N–H and O–H groups in total. The van der Waals surface area contributed by atoms with Gasteiger partial charge in [-0.05, 0) is 73.2 Å². The largest absolute Gasteiger partial charge is 0.288 e. The van der Waals surface area contributed by atoms with Gasteiger partial charge in [0.25, 0.3) is 5.95 Å². The van der Waals surface area contributed by atoms with E-state index >= 15 is 0 Å². The number of nitrogens with zero attached hydrogens (tertiary/aromatic N) is 4. The number of anilines is 3. The van der Waals surface area contributed by atoms with Crippen LogP contribution in [0.2, 0.25) is 0 Å². The van der Waals surface area contributed by atoms with Crippen LogP contribution in [0.5, 0.6) is 0 Å². The summed E-state index contributed by atoms with van der Waals surface area (Å²) in [7, 11) is 0. The highest BCUT2D eigenvalue weighted by molar-refractivity contribution is 7.30. The summed E-state index contributed by atoms with van der Waals surface area (Å²) in [4.78, 5) is 36.0. The molecule has 0 unspecified atom stereocenters. The third-order valence-electron chi connectivity index (χ3n) is 8.87. The lowest BCUT2D eigenvalue weighted by Gasteiger charge is -2.25. The van der Waals surface area contributed by atoms with E-state index in [9.17, 15) is 9.59 Å². The standard InChI is InChI=1S/C38H24N4O2S2/c1-38(2)30-34-29(20-25(45-34)19-28-32(43)26-17-21-11-9-10-12-22(21)18-27(26)33(28)44)46-35(30)31-36(38)39-37(41-40-31)42(23-13-5-3-6-14-23)24-15-7-4-8-16-24/h3-20H,1-2H3. The number of Topliss-reactive ketones (excluding diaryl/α,β-unsaturated/α-hetero) is 2. The van der Waals surface area contributed by atoms with Crippen LogP contribution in [0.15, 0.2) is 109 Å². The Labute approximate surface area is 272 Å². The molecule has 8 heteroatoms. The van der Waals surface area contributed by atoms with Gasteiger partial charge in [-0.25, -0.2) is 4.98 Å². The van der Waals surface area contributed by atoms with Crippen molar-refractivity contribution in [3.8, 4) is 10.6 Å². The van der Waals surface area contributed by atoms with Crippen LogP contribution in [0.1, 0.15) is 50.7 Å². The summed E-state index contributed by atoms with van der Waals surface area (Å²) in [6, 6.07) is 33.7. The molecule has 0 saturated heterocycles. The van der Waals surface area contributed by atoms with E-state index in [1.807, 2.05) is 102 Å². The average molecular weight is 633 g/mol. The van der Waals surface area contributed by atoms with Crippen molar-refractivity contribution in [1.29, 1.82) is 0 Å². The van der Waals surface area contributed by atoms with E-state index in [1.165, 1.54) is 5.56 Å². The first kappa shape index (κ1) is 27.0. The Kier molecular flexibility index (Phi) is 5.79. The van der Waals surface area contributed by atoms with Gasteiger partial charge in [0.1, 0.15) is 5.69 Å². The lowest BCUT2D eigenvalue weighted by atomic mass is 9.86. The SMILES string of the molecule is CC1(C)c2nc(N(c3ccccc3)c3ccccc3)nnc2-c2sc3cc(C=C4C(=O)c5cc6ccccc6cc5C4=O)sc3c21. The summed E-state index contributed by atoms with van der Waals surface area (Å²) in [6.45, 7) is 4.36. The van der Waals surface area contributed by atoms with Crippen LogP contribution in [0, 0.1) is 0 Å². The number of carbonyl (C=O) groups excluding carboxylic acids is 2. The predicted molar refractivity (Wildman–Crippen MR) is 186 cm³/mol. The Morgan fingerprint density at radius 2 is 1.30 bits per heavy atom. The van der Waals surface area contributed by atoms with Crippen molar-refractivity contribution < 1.29 is 9.59 Å². The van der Waals surface area contributed by atoms with E-state index in [4.69, 9.17) is 10.1 Å². The number of rotatable bonds is 4. The lowest BCUT2D eigenvalue weighted by molar-refractivity contribution is 0.0990. The number of aromatic nitrogens is 3. The maximum Gasteiger partial charge on any atom is 0.254 e. The number of hydrogen-bond acceptors (Lipinski definition) is 8. The minimum atomic E-state index is -0.433. The zero-order valence-corrected chi connectivity index (χ0v) is 26.4. The quantitative estimate of drug-likeness (QED) is 0.142. The van der Waals surface area contributed by atoms with Crippen LogP contribution in [0.3, 0.4) is 0 Å². The Hall–Kier alpha value is -5.31. The van der Waals surface area contributed by atoms with Crippen molar-refractivity contribution in [2.45, 2.75) is 19.3 Å². The first-order chi connectivity index (χ1) is 22.4. The third-order valence-corrected chi connectivity index (χ3v) is 11.2. The molecule has 4 aromatic carbocycles. The zero-order chi connectivity index (χ0) is 31.2. The molecule has 46 heavy (non-hydrogen) atoms. The molecule has 0 saturated carbocycles. The van der Waals surface area contributed by atoms with Gasteiger partial charge in [0.2, 0.25) is 0 Å². The summed E-state index contributed by atoms with van der Waals surface area (Å²) < 4.78 is 2.23. The third kappa shape index (κ3) is 3.90. The normalized spacial score (nSPS) is 14.5. The fraction of sp³-hybridized carbons (Fsp3) is 0.0789. The molecule has 0 spiro atoms. The second kappa shape index (κ2) is 9.84. The molecule has 220 valence electrons. The second-order valence-corrected chi connectivity index (χ2v) is 14.2. The van der Waals surface area contributed by atoms with E-state index in [0.29, 0.717) is 17.1 Å². The fourth-order valence-electron chi connectivity index (χ4n) is 6.65. The number of fused-ring (bicyclic) bond motifs is 7. The van der Waals surface area contributed by atoms with Gasteiger partial charge in [0.05, 0.1) is 20.8 Å². The molecule has 9 rings (SSSR count). The van der Waals surface area contributed by atoms with Gasteiger partial charge >= 0.3 is 0 Å². The smallest absolute Gasteiger partial charge is 0.254 e. The molecule has 7 aromatic rings. The van der Waals surface area contributed by atoms with Crippen molar-refractivity contribution in [2.24, 2.45) is 0 Å². The Bertz CT molecular complexity index is 2350. The molecule has 6 nitrogen and oxygen atoms in total. The van der Waals surface area contributed by atoms with E-state index in [2.05, 4.69) is 25.0 Å². The van der Waals surface area contributed by atoms with Gasteiger partial charge in [0, 0.05) is 43.1 Å². The molecule has 3 heterocycles. The maximum atomic E-state index is 13.4. The van der Waals surface area contributed by atoms with Crippen LogP contribution < -0.4 is 4.90 Å². The maximum absolute atomic E-state index is 13.4. The van der Waals surface area contributed by atoms with Crippen LogP contribution >= 0.6 is 22.7 Å². The van der Waals surface area contributed by atoms with E-state index in [0.717, 1.165) is 52.7 Å². The van der Waals surface area contributed by atoms with Crippen molar-refractivity contribution in [2.75, 3.05) is 4.90 Å². The highest BCUT2D eigenvalue weighted by Gasteiger charge is 2.43. The van der Waals surface area contributed by atoms with Gasteiger partial charge in [0.15, 0.2) is 11.6 Å². The molecular formula is C38H24N4O2S2. The van der Waals surface area contributed by atoms with E-state index in [-0.39, 0.29) is 17.1 Å². The second-order valence-electron chi connectivity index (χ2n) is 12.1. The van der Waals surface area contributed by atoms with Crippen LogP contribution in [-0.4, -0.2) is 26.7 Å². The minimum absolute atomic E-state index is 0.214. The van der Waals surface area contributed by atoms with Crippen LogP contribution in [-0.2, 0) is 5.41 Å². The molecule has 0 radical (unpaired) electrons. The van der Waals surface area contributed by atoms with Crippen molar-refractivity contribution >= 4 is 77.8 Å². The Balaban J connectivity index is 1.11. The Morgan fingerprint density at radius 1 is 0.717 bits per heavy atom. The summed E-state index contributed by atoms with van der Waals surface area (Å²) in [6.07, 6.45) is 1.77. The Morgan fingerprint density at radius 3 is 1.91 bits per heavy atom. The minimum Gasteiger partial charge on any atom is -0.288 e. The van der Waals surface area contributed by atoms with Gasteiger partial charge in [-0.3, -0.25) is 14.5 Å². The molecule has 0 bridgehead atoms. The number of carbonyl (C=O) groups is 2. The number of allylic oxidation sites excluding steroid dienone is 1. The molecule has 0 aliphatic heterocycles. The summed E-state index contributed by atoms with van der Waals surface area (Å²) in [5.41, 5.74) is 5.50. The highest BCUT2D eigenvalue weighted by atomic mass is 32.1. The lowest BCUT2D eigenvalue weighted by Crippen LogP contribution is -2.20. The molecule has 3 aromatic heterocycles. The number of benzene rings is 4. The average Bonchev–Trinajstić information content (AvgIpc) is 3.76. The number of ketones is 2. The van der Waals surface area contributed by atoms with Crippen LogP contribution in [0.4, 0.5) is 17.3 Å². The molecule has 2 aliphatic carbocycles. The van der Waals surface area contributed by atoms with Crippen molar-refractivity contribution in [3.05, 3.63) is 136 Å². The highest BCUT2D eigenvalue weighted by Crippen LogP contribution is 2.56. The van der Waals surface area contributed by atoms with Gasteiger partial charge in [-0.1, -0.05) is 60.7 Å². The first-order valence-electron chi connectivity index (χ1n) is 14.9. The summed E-state index contributed by atoms with van der Waals surface area (Å²) in [5, 5.41) is 11.3. The van der Waals surface area contributed by atoms with Gasteiger partial charge in [-0.15, -0.1) is 32.9 Å². The molecule has 0 fully saturated rings. The molecule has 0 amide bonds. The van der Waals surface area contributed by atoms with Crippen LogP contribution in [0.25, 0.3) is 36.8 Å². The zero-order valence-electron chi connectivity index (χ0n) is 24.8. The van der Waals surface area contributed by atoms with Crippen molar-refractivity contribution in [3.63, 3.8) is 0 Å². The fourth-order valence-corrected chi connectivity index (χ4v) is 9.54.